The van der Waals surface area contributed by atoms with Gasteiger partial charge in [-0.1, -0.05) is 5.92 Å². The van der Waals surface area contributed by atoms with Crippen molar-refractivity contribution in [2.24, 2.45) is 0 Å². The number of H-pyrrole nitrogens is 1. The molecule has 0 aromatic carbocycles. The summed E-state index contributed by atoms with van der Waals surface area (Å²) >= 11 is 1.63. The average molecular weight is 284 g/mol. The van der Waals surface area contributed by atoms with Crippen LogP contribution in [-0.2, 0) is 0 Å². The van der Waals surface area contributed by atoms with E-state index in [1.54, 1.807) is 11.3 Å². The van der Waals surface area contributed by atoms with Crippen LogP contribution in [0.25, 0.3) is 0 Å². The fraction of sp³-hybridized carbons (Fsp3) is 0.375. The molecule has 0 saturated carbocycles. The number of aromatic nitrogens is 2. The van der Waals surface area contributed by atoms with Gasteiger partial charge in [0.05, 0.1) is 23.2 Å². The first-order valence-corrected chi connectivity index (χ1v) is 7.83. The summed E-state index contributed by atoms with van der Waals surface area (Å²) in [5, 5.41) is 3.05. The summed E-state index contributed by atoms with van der Waals surface area (Å²) in [5.74, 6) is 7.43. The Kier molecular flexibility index (Phi) is 3.70. The largest absolute Gasteiger partial charge is 0.274 e. The quantitative estimate of drug-likeness (QED) is 0.754. The van der Waals surface area contributed by atoms with Crippen LogP contribution in [0.4, 0.5) is 5.82 Å². The number of nitrogens with one attached hydrogen (secondary N) is 1. The molecule has 102 valence electrons. The van der Waals surface area contributed by atoms with Gasteiger partial charge in [0.15, 0.2) is 0 Å². The zero-order chi connectivity index (χ0) is 13.9. The van der Waals surface area contributed by atoms with Crippen molar-refractivity contribution in [1.82, 2.24) is 4.98 Å². The first-order chi connectivity index (χ1) is 9.72. The van der Waals surface area contributed by atoms with Crippen LogP contribution in [0.3, 0.4) is 0 Å². The summed E-state index contributed by atoms with van der Waals surface area (Å²) in [6, 6.07) is 4.82. The van der Waals surface area contributed by atoms with Gasteiger partial charge >= 0.3 is 0 Å². The molecule has 1 fully saturated rings. The second-order valence-corrected chi connectivity index (χ2v) is 6.21. The molecule has 1 N–H and O–H groups in total. The van der Waals surface area contributed by atoms with Crippen molar-refractivity contribution >= 4 is 17.2 Å². The molecule has 1 aliphatic rings. The number of rotatable bonds is 1. The van der Waals surface area contributed by atoms with E-state index in [4.69, 9.17) is 0 Å². The standard InChI is InChI=1S/C16H17N3S/c1-12-4-3-9-19(12)16-8-6-14(10-17-16)5-7-15-11-20-13(2)18-15/h6,8,10-12H,3-4,9H2,1-2H3/p+1. The van der Waals surface area contributed by atoms with E-state index in [9.17, 15) is 0 Å². The highest BCUT2D eigenvalue weighted by molar-refractivity contribution is 7.09. The second-order valence-electron chi connectivity index (χ2n) is 5.15. The Hall–Kier alpha value is -1.86. The van der Waals surface area contributed by atoms with Gasteiger partial charge in [-0.15, -0.1) is 11.3 Å². The Bertz CT molecular complexity index is 648. The lowest BCUT2D eigenvalue weighted by Gasteiger charge is -2.14. The number of pyridine rings is 1. The highest BCUT2D eigenvalue weighted by atomic mass is 32.1. The van der Waals surface area contributed by atoms with E-state index >= 15 is 0 Å². The molecule has 1 aliphatic heterocycles. The zero-order valence-corrected chi connectivity index (χ0v) is 12.6. The molecule has 0 amide bonds. The van der Waals surface area contributed by atoms with Gasteiger partial charge in [0.1, 0.15) is 11.9 Å². The van der Waals surface area contributed by atoms with Crippen LogP contribution in [0.1, 0.15) is 36.0 Å². The summed E-state index contributed by atoms with van der Waals surface area (Å²) in [5.41, 5.74) is 1.84. The van der Waals surface area contributed by atoms with E-state index in [0.717, 1.165) is 22.8 Å². The van der Waals surface area contributed by atoms with Gasteiger partial charge in [0.2, 0.25) is 0 Å². The van der Waals surface area contributed by atoms with Crippen LogP contribution in [0.2, 0.25) is 0 Å². The minimum Gasteiger partial charge on any atom is -0.259 e. The minimum atomic E-state index is 0.626. The highest BCUT2D eigenvalue weighted by Crippen LogP contribution is 2.21. The lowest BCUT2D eigenvalue weighted by atomic mass is 10.2. The maximum atomic E-state index is 4.34. The normalized spacial score (nSPS) is 17.9. The third-order valence-electron chi connectivity index (χ3n) is 3.61. The van der Waals surface area contributed by atoms with Crippen molar-refractivity contribution in [2.75, 3.05) is 11.4 Å². The van der Waals surface area contributed by atoms with Gasteiger partial charge in [-0.25, -0.2) is 9.97 Å². The van der Waals surface area contributed by atoms with Crippen molar-refractivity contribution in [3.05, 3.63) is 40.0 Å². The van der Waals surface area contributed by atoms with E-state index in [1.807, 2.05) is 18.5 Å². The van der Waals surface area contributed by atoms with Gasteiger partial charge in [-0.3, -0.25) is 4.90 Å². The lowest BCUT2D eigenvalue weighted by molar-refractivity contribution is -0.364. The van der Waals surface area contributed by atoms with Crippen molar-refractivity contribution < 1.29 is 4.98 Å². The number of aryl methyl sites for hydroxylation is 1. The molecule has 3 heterocycles. The molecule has 0 spiro atoms. The molecule has 0 bridgehead atoms. The summed E-state index contributed by atoms with van der Waals surface area (Å²) in [6.45, 7) is 5.41. The summed E-state index contributed by atoms with van der Waals surface area (Å²) in [6.07, 6.45) is 4.53. The molecule has 20 heavy (non-hydrogen) atoms. The third-order valence-corrected chi connectivity index (χ3v) is 4.39. The summed E-state index contributed by atoms with van der Waals surface area (Å²) in [4.78, 5) is 10.1. The van der Waals surface area contributed by atoms with Gasteiger partial charge in [-0.05, 0) is 38.7 Å². The van der Waals surface area contributed by atoms with Crippen LogP contribution in [0, 0.1) is 18.8 Å². The summed E-state index contributed by atoms with van der Waals surface area (Å²) < 4.78 is 0. The molecule has 4 heteroatoms. The molecule has 3 rings (SSSR count). The molecule has 2 aromatic rings. The van der Waals surface area contributed by atoms with Gasteiger partial charge in [-0.2, -0.15) is 0 Å². The molecule has 1 saturated heterocycles. The van der Waals surface area contributed by atoms with Crippen molar-refractivity contribution in [3.63, 3.8) is 0 Å². The highest BCUT2D eigenvalue weighted by Gasteiger charge is 2.27. The predicted molar refractivity (Wildman–Crippen MR) is 81.9 cm³/mol. The number of anilines is 1. The number of nitrogens with zero attached hydrogens (tertiary/aromatic N) is 2. The molecular formula is C16H18N3S+. The van der Waals surface area contributed by atoms with E-state index in [0.29, 0.717) is 6.04 Å². The van der Waals surface area contributed by atoms with Crippen molar-refractivity contribution in [2.45, 2.75) is 32.7 Å². The monoisotopic (exact) mass is 284 g/mol. The maximum absolute atomic E-state index is 4.34. The molecule has 1 atom stereocenters. The number of hydrogen-bond acceptors (Lipinski definition) is 3. The Morgan fingerprint density at radius 1 is 1.40 bits per heavy atom. The number of hydrogen-bond donors (Lipinski definition) is 0. The lowest BCUT2D eigenvalue weighted by Crippen LogP contribution is -2.31. The molecule has 2 aromatic heterocycles. The second kappa shape index (κ2) is 5.64. The van der Waals surface area contributed by atoms with Crippen LogP contribution in [-0.4, -0.2) is 17.6 Å². The predicted octanol–water partition coefficient (Wildman–Crippen LogP) is 2.65. The van der Waals surface area contributed by atoms with Crippen LogP contribution in [0.15, 0.2) is 23.7 Å². The van der Waals surface area contributed by atoms with Gasteiger partial charge < -0.3 is 0 Å². The Morgan fingerprint density at radius 2 is 2.30 bits per heavy atom. The smallest absolute Gasteiger partial charge is 0.259 e. The third kappa shape index (κ3) is 2.83. The fourth-order valence-electron chi connectivity index (χ4n) is 2.52. The zero-order valence-electron chi connectivity index (χ0n) is 11.8. The molecule has 3 nitrogen and oxygen atoms in total. The average Bonchev–Trinajstić information content (AvgIpc) is 3.06. The first-order valence-electron chi connectivity index (χ1n) is 6.95. The van der Waals surface area contributed by atoms with Crippen molar-refractivity contribution in [3.8, 4) is 11.8 Å². The van der Waals surface area contributed by atoms with E-state index < -0.39 is 0 Å². The topological polar surface area (TPSA) is 30.3 Å². The van der Waals surface area contributed by atoms with Gasteiger partial charge in [0, 0.05) is 11.4 Å². The fourth-order valence-corrected chi connectivity index (χ4v) is 3.07. The molecule has 1 unspecified atom stereocenters. The van der Waals surface area contributed by atoms with E-state index in [1.165, 1.54) is 18.7 Å². The SMILES string of the molecule is Cc1nc(C#Cc2ccc(N3CCCC3C)[nH+]c2)cs1. The minimum absolute atomic E-state index is 0.626. The van der Waals surface area contributed by atoms with Crippen LogP contribution >= 0.6 is 11.3 Å². The maximum Gasteiger partial charge on any atom is 0.274 e. The Morgan fingerprint density at radius 3 is 2.90 bits per heavy atom. The molecular weight excluding hydrogens is 266 g/mol. The van der Waals surface area contributed by atoms with Gasteiger partial charge in [0.25, 0.3) is 5.82 Å². The van der Waals surface area contributed by atoms with Crippen molar-refractivity contribution in [1.29, 1.82) is 0 Å². The summed E-state index contributed by atoms with van der Waals surface area (Å²) in [7, 11) is 0. The number of aromatic amines is 1. The molecule has 0 aliphatic carbocycles. The molecule has 0 radical (unpaired) electrons. The first kappa shape index (κ1) is 13.1. The van der Waals surface area contributed by atoms with E-state index in [2.05, 4.69) is 45.8 Å². The van der Waals surface area contributed by atoms with Crippen LogP contribution in [0.5, 0.6) is 0 Å². The Balaban J connectivity index is 1.75. The van der Waals surface area contributed by atoms with E-state index in [-0.39, 0.29) is 0 Å². The van der Waals surface area contributed by atoms with Crippen LogP contribution < -0.4 is 9.88 Å². The Labute approximate surface area is 123 Å². The number of thiazole rings is 1.